The lowest BCUT2D eigenvalue weighted by atomic mass is 10.1. The second kappa shape index (κ2) is 14.5. The SMILES string of the molecule is CCCCNC(=O)C(C)N(Cc1cccc(C)c1)C(=O)CN(c1ccccc1OC)S(=O)(=O)c1ccc(OC)cc1. The maximum Gasteiger partial charge on any atom is 0.264 e. The molecule has 10 heteroatoms. The molecule has 41 heavy (non-hydrogen) atoms. The first kappa shape index (κ1) is 31.5. The van der Waals surface area contributed by atoms with Crippen molar-refractivity contribution in [1.82, 2.24) is 10.2 Å². The molecule has 0 aliphatic rings. The van der Waals surface area contributed by atoms with Gasteiger partial charge in [-0.1, -0.05) is 55.3 Å². The Morgan fingerprint density at radius 3 is 2.29 bits per heavy atom. The average Bonchev–Trinajstić information content (AvgIpc) is 2.98. The van der Waals surface area contributed by atoms with E-state index in [0.717, 1.165) is 28.3 Å². The lowest BCUT2D eigenvalue weighted by molar-refractivity contribution is -0.139. The monoisotopic (exact) mass is 581 g/mol. The molecule has 1 unspecified atom stereocenters. The lowest BCUT2D eigenvalue weighted by Gasteiger charge is -2.32. The van der Waals surface area contributed by atoms with Crippen LogP contribution in [0.3, 0.4) is 0 Å². The molecule has 0 saturated heterocycles. The third-order valence-electron chi connectivity index (χ3n) is 6.71. The molecule has 2 amide bonds. The van der Waals surface area contributed by atoms with E-state index < -0.39 is 28.5 Å². The number of ether oxygens (including phenoxy) is 2. The Bertz CT molecular complexity index is 1430. The van der Waals surface area contributed by atoms with Gasteiger partial charge in [0, 0.05) is 13.1 Å². The number of para-hydroxylation sites is 2. The largest absolute Gasteiger partial charge is 0.497 e. The van der Waals surface area contributed by atoms with Crippen LogP contribution in [0.5, 0.6) is 11.5 Å². The predicted octanol–water partition coefficient (Wildman–Crippen LogP) is 4.54. The van der Waals surface area contributed by atoms with Crippen molar-refractivity contribution >= 4 is 27.5 Å². The van der Waals surface area contributed by atoms with Crippen LogP contribution < -0.4 is 19.1 Å². The Hall–Kier alpha value is -4.05. The minimum atomic E-state index is -4.23. The molecule has 0 aliphatic carbocycles. The van der Waals surface area contributed by atoms with Crippen LogP contribution >= 0.6 is 0 Å². The molecule has 220 valence electrons. The number of aryl methyl sites for hydroxylation is 1. The summed E-state index contributed by atoms with van der Waals surface area (Å²) < 4.78 is 39.7. The Morgan fingerprint density at radius 2 is 1.66 bits per heavy atom. The normalized spacial score (nSPS) is 11.8. The van der Waals surface area contributed by atoms with Gasteiger partial charge in [-0.15, -0.1) is 0 Å². The highest BCUT2D eigenvalue weighted by molar-refractivity contribution is 7.92. The first-order valence-electron chi connectivity index (χ1n) is 13.5. The van der Waals surface area contributed by atoms with Gasteiger partial charge >= 0.3 is 0 Å². The zero-order valence-electron chi connectivity index (χ0n) is 24.3. The number of amides is 2. The van der Waals surface area contributed by atoms with Crippen LogP contribution in [0.25, 0.3) is 0 Å². The van der Waals surface area contributed by atoms with Crippen LogP contribution in [-0.4, -0.2) is 58.5 Å². The number of carbonyl (C=O) groups is 2. The van der Waals surface area contributed by atoms with Crippen LogP contribution in [-0.2, 0) is 26.2 Å². The van der Waals surface area contributed by atoms with Crippen molar-refractivity contribution in [2.75, 3.05) is 31.6 Å². The maximum atomic E-state index is 14.0. The van der Waals surface area contributed by atoms with Gasteiger partial charge in [-0.05, 0) is 62.2 Å². The summed E-state index contributed by atoms with van der Waals surface area (Å²) in [6, 6.07) is 19.3. The molecule has 1 N–H and O–H groups in total. The van der Waals surface area contributed by atoms with E-state index in [9.17, 15) is 18.0 Å². The summed E-state index contributed by atoms with van der Waals surface area (Å²) in [7, 11) is -1.31. The Labute approximate surface area is 243 Å². The number of hydrogen-bond acceptors (Lipinski definition) is 6. The van der Waals surface area contributed by atoms with Crippen LogP contribution in [0, 0.1) is 6.92 Å². The Morgan fingerprint density at radius 1 is 0.951 bits per heavy atom. The van der Waals surface area contributed by atoms with Crippen molar-refractivity contribution in [3.05, 3.63) is 83.9 Å². The Kier molecular flexibility index (Phi) is 11.2. The van der Waals surface area contributed by atoms with Gasteiger partial charge in [0.2, 0.25) is 11.8 Å². The molecule has 3 rings (SSSR count). The second-order valence-corrected chi connectivity index (χ2v) is 11.6. The van der Waals surface area contributed by atoms with Crippen molar-refractivity contribution in [1.29, 1.82) is 0 Å². The number of carbonyl (C=O) groups excluding carboxylic acids is 2. The standard InChI is InChI=1S/C31H39N3O6S/c1-6-7-19-32-31(36)24(3)33(21-25-12-10-11-23(2)20-25)30(35)22-34(28-13-8-9-14-29(28)40-5)41(37,38)27-17-15-26(39-4)16-18-27/h8-18,20,24H,6-7,19,21-22H2,1-5H3,(H,32,36). The number of sulfonamides is 1. The number of unbranched alkanes of at least 4 members (excludes halogenated alkanes) is 1. The predicted molar refractivity (Wildman–Crippen MR) is 160 cm³/mol. The zero-order valence-corrected chi connectivity index (χ0v) is 25.1. The van der Waals surface area contributed by atoms with Crippen molar-refractivity contribution in [3.63, 3.8) is 0 Å². The fourth-order valence-electron chi connectivity index (χ4n) is 4.35. The maximum absolute atomic E-state index is 14.0. The molecule has 0 bridgehead atoms. The van der Waals surface area contributed by atoms with E-state index in [1.54, 1.807) is 43.3 Å². The molecular weight excluding hydrogens is 542 g/mol. The highest BCUT2D eigenvalue weighted by Gasteiger charge is 2.33. The quantitative estimate of drug-likeness (QED) is 0.280. The van der Waals surface area contributed by atoms with Crippen LogP contribution in [0.4, 0.5) is 5.69 Å². The van der Waals surface area contributed by atoms with E-state index in [4.69, 9.17) is 9.47 Å². The zero-order chi connectivity index (χ0) is 30.0. The van der Waals surface area contributed by atoms with E-state index in [1.165, 1.54) is 31.3 Å². The van der Waals surface area contributed by atoms with E-state index in [0.29, 0.717) is 12.3 Å². The van der Waals surface area contributed by atoms with Crippen LogP contribution in [0.15, 0.2) is 77.7 Å². The van der Waals surface area contributed by atoms with Gasteiger partial charge in [-0.2, -0.15) is 0 Å². The number of rotatable bonds is 14. The Balaban J connectivity index is 2.04. The summed E-state index contributed by atoms with van der Waals surface area (Å²) in [5, 5.41) is 2.89. The fourth-order valence-corrected chi connectivity index (χ4v) is 5.77. The van der Waals surface area contributed by atoms with Gasteiger partial charge in [-0.3, -0.25) is 13.9 Å². The summed E-state index contributed by atoms with van der Waals surface area (Å²) in [5.74, 6) is -0.0574. The summed E-state index contributed by atoms with van der Waals surface area (Å²) in [6.07, 6.45) is 1.73. The first-order chi connectivity index (χ1) is 19.6. The molecule has 1 atom stereocenters. The number of methoxy groups -OCH3 is 2. The van der Waals surface area contributed by atoms with Crippen LogP contribution in [0.2, 0.25) is 0 Å². The van der Waals surface area contributed by atoms with Crippen molar-refractivity contribution in [2.45, 2.75) is 51.1 Å². The second-order valence-electron chi connectivity index (χ2n) is 9.69. The summed E-state index contributed by atoms with van der Waals surface area (Å²) in [6.45, 7) is 5.70. The molecule has 0 fully saturated rings. The molecule has 0 aliphatic heterocycles. The molecule has 3 aromatic carbocycles. The molecule has 0 heterocycles. The van der Waals surface area contributed by atoms with Gasteiger partial charge in [0.1, 0.15) is 24.1 Å². The highest BCUT2D eigenvalue weighted by atomic mass is 32.2. The minimum absolute atomic E-state index is 0.0207. The molecule has 0 spiro atoms. The van der Waals surface area contributed by atoms with Gasteiger partial charge in [0.05, 0.1) is 24.8 Å². The smallest absolute Gasteiger partial charge is 0.264 e. The summed E-state index contributed by atoms with van der Waals surface area (Å²) >= 11 is 0. The number of hydrogen-bond donors (Lipinski definition) is 1. The van der Waals surface area contributed by atoms with Crippen molar-refractivity contribution in [3.8, 4) is 11.5 Å². The molecule has 0 aromatic heterocycles. The van der Waals surface area contributed by atoms with Crippen molar-refractivity contribution in [2.24, 2.45) is 0 Å². The topological polar surface area (TPSA) is 105 Å². The van der Waals surface area contributed by atoms with Gasteiger partial charge < -0.3 is 19.7 Å². The number of benzene rings is 3. The average molecular weight is 582 g/mol. The molecule has 0 saturated carbocycles. The number of anilines is 1. The van der Waals surface area contributed by atoms with Crippen LogP contribution in [0.1, 0.15) is 37.8 Å². The van der Waals surface area contributed by atoms with Crippen molar-refractivity contribution < 1.29 is 27.5 Å². The molecule has 9 nitrogen and oxygen atoms in total. The van der Waals surface area contributed by atoms with Gasteiger partial charge in [0.15, 0.2) is 0 Å². The third-order valence-corrected chi connectivity index (χ3v) is 8.49. The van der Waals surface area contributed by atoms with Gasteiger partial charge in [0.25, 0.3) is 10.0 Å². The molecular formula is C31H39N3O6S. The molecule has 0 radical (unpaired) electrons. The van der Waals surface area contributed by atoms with E-state index in [-0.39, 0.29) is 28.8 Å². The third kappa shape index (κ3) is 8.00. The number of nitrogens with one attached hydrogen (secondary N) is 1. The fraction of sp³-hybridized carbons (Fsp3) is 0.355. The summed E-state index contributed by atoms with van der Waals surface area (Å²) in [4.78, 5) is 28.5. The highest BCUT2D eigenvalue weighted by Crippen LogP contribution is 2.33. The van der Waals surface area contributed by atoms with Gasteiger partial charge in [-0.25, -0.2) is 8.42 Å². The molecule has 3 aromatic rings. The van der Waals surface area contributed by atoms with E-state index in [2.05, 4.69) is 5.32 Å². The number of nitrogens with zero attached hydrogens (tertiary/aromatic N) is 2. The lowest BCUT2D eigenvalue weighted by Crippen LogP contribution is -2.51. The van der Waals surface area contributed by atoms with E-state index >= 15 is 0 Å². The van der Waals surface area contributed by atoms with E-state index in [1.807, 2.05) is 38.1 Å². The first-order valence-corrected chi connectivity index (χ1v) is 15.0. The minimum Gasteiger partial charge on any atom is -0.497 e. The summed E-state index contributed by atoms with van der Waals surface area (Å²) in [5.41, 5.74) is 2.04.